The molecular weight excluding hydrogens is 296 g/mol. The fraction of sp³-hybridized carbons (Fsp3) is 0.0952. The molecule has 0 radical (unpaired) electrons. The van der Waals surface area contributed by atoms with Crippen LogP contribution in [0.15, 0.2) is 67.2 Å². The summed E-state index contributed by atoms with van der Waals surface area (Å²) in [5, 5.41) is 8.11. The molecule has 0 spiro atoms. The summed E-state index contributed by atoms with van der Waals surface area (Å²) in [6.07, 6.45) is 0. The van der Waals surface area contributed by atoms with Gasteiger partial charge < -0.3 is 4.74 Å². The highest BCUT2D eigenvalue weighted by molar-refractivity contribution is 6.11. The predicted octanol–water partition coefficient (Wildman–Crippen LogP) is 5.22. The Morgan fingerprint density at radius 1 is 0.958 bits per heavy atom. The standard InChI is InChI=1S/C21H18N2O/c1-14(2)20-18-13-19(24-3)16-11-7-8-12-17(16)21(18)23(22-20)15-9-5-4-6-10-15/h4-13H,1H2,2-3H3. The second-order valence-electron chi connectivity index (χ2n) is 5.90. The summed E-state index contributed by atoms with van der Waals surface area (Å²) in [5.41, 5.74) is 3.95. The molecule has 0 saturated heterocycles. The molecule has 0 fully saturated rings. The van der Waals surface area contributed by atoms with E-state index in [2.05, 4.69) is 36.9 Å². The zero-order valence-corrected chi connectivity index (χ0v) is 13.8. The maximum Gasteiger partial charge on any atom is 0.127 e. The van der Waals surface area contributed by atoms with E-state index in [1.54, 1.807) is 7.11 Å². The van der Waals surface area contributed by atoms with Crippen molar-refractivity contribution in [3.8, 4) is 11.4 Å². The minimum atomic E-state index is 0.855. The average Bonchev–Trinajstić information content (AvgIpc) is 3.01. The second kappa shape index (κ2) is 5.53. The van der Waals surface area contributed by atoms with Crippen LogP contribution in [0.25, 0.3) is 32.9 Å². The summed E-state index contributed by atoms with van der Waals surface area (Å²) in [6, 6.07) is 20.5. The number of para-hydroxylation sites is 1. The summed E-state index contributed by atoms with van der Waals surface area (Å²) >= 11 is 0. The van der Waals surface area contributed by atoms with Crippen LogP contribution >= 0.6 is 0 Å². The molecule has 0 saturated carbocycles. The Balaban J connectivity index is 2.22. The molecule has 118 valence electrons. The Bertz CT molecular complexity index is 1060. The second-order valence-corrected chi connectivity index (χ2v) is 5.90. The number of rotatable bonds is 3. The first-order chi connectivity index (χ1) is 11.7. The SMILES string of the molecule is C=C(C)c1nn(-c2ccccc2)c2c1cc(OC)c1ccccc12. The van der Waals surface area contributed by atoms with Gasteiger partial charge in [-0.25, -0.2) is 4.68 Å². The van der Waals surface area contributed by atoms with Gasteiger partial charge in [0.05, 0.1) is 24.0 Å². The molecule has 0 aliphatic carbocycles. The minimum absolute atomic E-state index is 0.855. The lowest BCUT2D eigenvalue weighted by Crippen LogP contribution is -1.97. The first-order valence-corrected chi connectivity index (χ1v) is 7.90. The van der Waals surface area contributed by atoms with Crippen molar-refractivity contribution in [3.05, 3.63) is 72.9 Å². The molecule has 4 rings (SSSR count). The van der Waals surface area contributed by atoms with Crippen LogP contribution in [-0.4, -0.2) is 16.9 Å². The molecule has 24 heavy (non-hydrogen) atoms. The number of ether oxygens (including phenoxy) is 1. The first-order valence-electron chi connectivity index (χ1n) is 7.90. The molecule has 4 aromatic rings. The number of nitrogens with zero attached hydrogens (tertiary/aromatic N) is 2. The van der Waals surface area contributed by atoms with Crippen molar-refractivity contribution in [3.63, 3.8) is 0 Å². The van der Waals surface area contributed by atoms with E-state index >= 15 is 0 Å². The lowest BCUT2D eigenvalue weighted by molar-refractivity contribution is 0.420. The van der Waals surface area contributed by atoms with Gasteiger partial charge in [0.1, 0.15) is 5.75 Å². The molecule has 3 aromatic carbocycles. The van der Waals surface area contributed by atoms with Crippen LogP contribution in [-0.2, 0) is 0 Å². The minimum Gasteiger partial charge on any atom is -0.496 e. The van der Waals surface area contributed by atoms with E-state index in [-0.39, 0.29) is 0 Å². The topological polar surface area (TPSA) is 27.1 Å². The highest BCUT2D eigenvalue weighted by Crippen LogP contribution is 2.37. The quantitative estimate of drug-likeness (QED) is 0.518. The monoisotopic (exact) mass is 314 g/mol. The Kier molecular flexibility index (Phi) is 3.35. The summed E-state index contributed by atoms with van der Waals surface area (Å²) in [4.78, 5) is 0. The van der Waals surface area contributed by atoms with Gasteiger partial charge in [0.25, 0.3) is 0 Å². The van der Waals surface area contributed by atoms with Crippen LogP contribution in [0.1, 0.15) is 12.6 Å². The first kappa shape index (κ1) is 14.5. The lowest BCUT2D eigenvalue weighted by atomic mass is 10.0. The Morgan fingerprint density at radius 2 is 1.62 bits per heavy atom. The predicted molar refractivity (Wildman–Crippen MR) is 99.8 cm³/mol. The number of benzene rings is 3. The van der Waals surface area contributed by atoms with Crippen LogP contribution in [0.3, 0.4) is 0 Å². The van der Waals surface area contributed by atoms with Crippen LogP contribution < -0.4 is 4.74 Å². The Morgan fingerprint density at radius 3 is 2.29 bits per heavy atom. The Labute approximate surface area is 140 Å². The average molecular weight is 314 g/mol. The van der Waals surface area contributed by atoms with Crippen LogP contribution in [0, 0.1) is 0 Å². The molecule has 0 amide bonds. The molecular formula is C21H18N2O. The van der Waals surface area contributed by atoms with Crippen molar-refractivity contribution >= 4 is 27.2 Å². The van der Waals surface area contributed by atoms with E-state index in [0.29, 0.717) is 0 Å². The molecule has 3 nitrogen and oxygen atoms in total. The third-order valence-corrected chi connectivity index (χ3v) is 4.27. The lowest BCUT2D eigenvalue weighted by Gasteiger charge is -2.09. The van der Waals surface area contributed by atoms with Gasteiger partial charge in [-0.2, -0.15) is 5.10 Å². The van der Waals surface area contributed by atoms with Crippen molar-refractivity contribution in [2.45, 2.75) is 6.92 Å². The molecule has 1 heterocycles. The molecule has 0 bridgehead atoms. The van der Waals surface area contributed by atoms with Gasteiger partial charge in [0.2, 0.25) is 0 Å². The molecule has 0 N–H and O–H groups in total. The maximum absolute atomic E-state index is 5.62. The normalized spacial score (nSPS) is 11.1. The van der Waals surface area contributed by atoms with Gasteiger partial charge >= 0.3 is 0 Å². The van der Waals surface area contributed by atoms with Crippen molar-refractivity contribution in [1.29, 1.82) is 0 Å². The van der Waals surface area contributed by atoms with Crippen LogP contribution in [0.4, 0.5) is 0 Å². The molecule has 0 unspecified atom stereocenters. The van der Waals surface area contributed by atoms with Gasteiger partial charge in [-0.1, -0.05) is 49.0 Å². The van der Waals surface area contributed by atoms with E-state index in [9.17, 15) is 0 Å². The summed E-state index contributed by atoms with van der Waals surface area (Å²) in [6.45, 7) is 6.09. The van der Waals surface area contributed by atoms with Gasteiger partial charge in [0.15, 0.2) is 0 Å². The van der Waals surface area contributed by atoms with Gasteiger partial charge in [-0.15, -0.1) is 0 Å². The molecule has 0 aliphatic heterocycles. The number of methoxy groups -OCH3 is 1. The van der Waals surface area contributed by atoms with Crippen molar-refractivity contribution in [2.24, 2.45) is 0 Å². The van der Waals surface area contributed by atoms with Crippen molar-refractivity contribution in [1.82, 2.24) is 9.78 Å². The van der Waals surface area contributed by atoms with Crippen LogP contribution in [0.2, 0.25) is 0 Å². The smallest absolute Gasteiger partial charge is 0.127 e. The molecule has 3 heteroatoms. The fourth-order valence-electron chi connectivity index (χ4n) is 3.18. The van der Waals surface area contributed by atoms with Crippen molar-refractivity contribution < 1.29 is 4.74 Å². The van der Waals surface area contributed by atoms with E-state index in [0.717, 1.165) is 44.4 Å². The highest BCUT2D eigenvalue weighted by Gasteiger charge is 2.17. The Hall–Kier alpha value is -3.07. The summed E-state index contributed by atoms with van der Waals surface area (Å²) < 4.78 is 7.62. The largest absolute Gasteiger partial charge is 0.496 e. The van der Waals surface area contributed by atoms with Gasteiger partial charge in [-0.05, 0) is 30.7 Å². The number of fused-ring (bicyclic) bond motifs is 3. The van der Waals surface area contributed by atoms with Gasteiger partial charge in [-0.3, -0.25) is 0 Å². The number of allylic oxidation sites excluding steroid dienone is 1. The van der Waals surface area contributed by atoms with E-state index in [4.69, 9.17) is 9.84 Å². The van der Waals surface area contributed by atoms with E-state index < -0.39 is 0 Å². The van der Waals surface area contributed by atoms with E-state index in [1.165, 1.54) is 0 Å². The highest BCUT2D eigenvalue weighted by atomic mass is 16.5. The third kappa shape index (κ3) is 2.09. The molecule has 1 aromatic heterocycles. The molecule has 0 atom stereocenters. The number of hydrogen-bond donors (Lipinski definition) is 0. The zero-order valence-electron chi connectivity index (χ0n) is 13.8. The summed E-state index contributed by atoms with van der Waals surface area (Å²) in [5.74, 6) is 0.855. The third-order valence-electron chi connectivity index (χ3n) is 4.27. The fourth-order valence-corrected chi connectivity index (χ4v) is 3.18. The van der Waals surface area contributed by atoms with Crippen molar-refractivity contribution in [2.75, 3.05) is 7.11 Å². The van der Waals surface area contributed by atoms with E-state index in [1.807, 2.05) is 41.9 Å². The van der Waals surface area contributed by atoms with Gasteiger partial charge in [0, 0.05) is 16.2 Å². The number of aromatic nitrogens is 2. The maximum atomic E-state index is 5.62. The molecule has 0 aliphatic rings. The van der Waals surface area contributed by atoms with Crippen LogP contribution in [0.5, 0.6) is 5.75 Å². The zero-order chi connectivity index (χ0) is 16.7. The number of hydrogen-bond acceptors (Lipinski definition) is 2. The summed E-state index contributed by atoms with van der Waals surface area (Å²) in [7, 11) is 1.70.